The van der Waals surface area contributed by atoms with E-state index in [2.05, 4.69) is 10.5 Å². The van der Waals surface area contributed by atoms with Crippen molar-refractivity contribution in [1.82, 2.24) is 5.43 Å². The van der Waals surface area contributed by atoms with Gasteiger partial charge < -0.3 is 0 Å². The Labute approximate surface area is 121 Å². The van der Waals surface area contributed by atoms with E-state index in [0.717, 1.165) is 5.56 Å². The van der Waals surface area contributed by atoms with Crippen molar-refractivity contribution < 1.29 is 9.72 Å². The summed E-state index contributed by atoms with van der Waals surface area (Å²) in [5.41, 5.74) is 3.50. The van der Waals surface area contributed by atoms with Crippen molar-refractivity contribution >= 4 is 17.8 Å². The Balaban J connectivity index is 1.97. The van der Waals surface area contributed by atoms with Crippen molar-refractivity contribution in [2.24, 2.45) is 5.10 Å². The average molecular weight is 283 g/mol. The highest BCUT2D eigenvalue weighted by Gasteiger charge is 2.10. The molecule has 0 radical (unpaired) electrons. The first-order chi connectivity index (χ1) is 10.2. The van der Waals surface area contributed by atoms with Crippen molar-refractivity contribution in [1.29, 1.82) is 0 Å². The number of carbonyl (C=O) groups is 1. The number of para-hydroxylation sites is 1. The third kappa shape index (κ3) is 4.24. The SMILES string of the molecule is O=C(Cc1ccccc1)N/N=C\c1ccccc1[N+](=O)[O-]. The largest absolute Gasteiger partial charge is 0.278 e. The third-order valence-corrected chi connectivity index (χ3v) is 2.73. The summed E-state index contributed by atoms with van der Waals surface area (Å²) in [5, 5.41) is 14.6. The first-order valence-electron chi connectivity index (χ1n) is 6.26. The third-order valence-electron chi connectivity index (χ3n) is 2.73. The van der Waals surface area contributed by atoms with E-state index in [1.54, 1.807) is 18.2 Å². The second-order valence-corrected chi connectivity index (χ2v) is 4.27. The minimum Gasteiger partial charge on any atom is -0.273 e. The zero-order chi connectivity index (χ0) is 15.1. The van der Waals surface area contributed by atoms with Crippen LogP contribution in [-0.4, -0.2) is 17.0 Å². The summed E-state index contributed by atoms with van der Waals surface area (Å²) in [5.74, 6) is -0.281. The minimum absolute atomic E-state index is 0.0569. The zero-order valence-corrected chi connectivity index (χ0v) is 11.1. The van der Waals surface area contributed by atoms with Gasteiger partial charge in [-0.2, -0.15) is 5.10 Å². The normalized spacial score (nSPS) is 10.5. The fourth-order valence-electron chi connectivity index (χ4n) is 1.76. The molecule has 21 heavy (non-hydrogen) atoms. The van der Waals surface area contributed by atoms with Gasteiger partial charge in [-0.05, 0) is 11.6 Å². The number of benzene rings is 2. The number of carbonyl (C=O) groups excluding carboxylic acids is 1. The van der Waals surface area contributed by atoms with Crippen LogP contribution in [0.2, 0.25) is 0 Å². The van der Waals surface area contributed by atoms with Gasteiger partial charge in [0, 0.05) is 6.07 Å². The number of rotatable bonds is 5. The number of nitrogens with zero attached hydrogens (tertiary/aromatic N) is 2. The number of hydrogen-bond donors (Lipinski definition) is 1. The van der Waals surface area contributed by atoms with E-state index in [1.807, 2.05) is 30.3 Å². The summed E-state index contributed by atoms with van der Waals surface area (Å²) in [6.07, 6.45) is 1.47. The summed E-state index contributed by atoms with van der Waals surface area (Å²) in [7, 11) is 0. The molecule has 6 heteroatoms. The Morgan fingerprint density at radius 1 is 1.14 bits per heavy atom. The molecular weight excluding hydrogens is 270 g/mol. The van der Waals surface area contributed by atoms with E-state index in [0.29, 0.717) is 5.56 Å². The van der Waals surface area contributed by atoms with Crippen molar-refractivity contribution in [3.8, 4) is 0 Å². The van der Waals surface area contributed by atoms with Gasteiger partial charge in [0.05, 0.1) is 23.1 Å². The fourth-order valence-corrected chi connectivity index (χ4v) is 1.76. The number of nitro groups is 1. The van der Waals surface area contributed by atoms with Crippen molar-refractivity contribution in [3.05, 3.63) is 75.8 Å². The van der Waals surface area contributed by atoms with Gasteiger partial charge in [0.2, 0.25) is 5.91 Å². The molecule has 0 saturated carbocycles. The van der Waals surface area contributed by atoms with Crippen LogP contribution in [0.4, 0.5) is 5.69 Å². The van der Waals surface area contributed by atoms with Crippen molar-refractivity contribution in [2.75, 3.05) is 0 Å². The molecule has 106 valence electrons. The Morgan fingerprint density at radius 2 is 1.81 bits per heavy atom. The Bertz CT molecular complexity index is 669. The second-order valence-electron chi connectivity index (χ2n) is 4.27. The van der Waals surface area contributed by atoms with Gasteiger partial charge in [0.15, 0.2) is 0 Å². The van der Waals surface area contributed by atoms with Gasteiger partial charge in [-0.3, -0.25) is 14.9 Å². The van der Waals surface area contributed by atoms with Gasteiger partial charge in [0.25, 0.3) is 5.69 Å². The van der Waals surface area contributed by atoms with Crippen LogP contribution >= 0.6 is 0 Å². The Morgan fingerprint density at radius 3 is 2.52 bits per heavy atom. The molecule has 0 heterocycles. The van der Waals surface area contributed by atoms with Gasteiger partial charge in [-0.15, -0.1) is 0 Å². The molecule has 2 rings (SSSR count). The highest BCUT2D eigenvalue weighted by Crippen LogP contribution is 2.14. The molecule has 0 aliphatic carbocycles. The molecule has 0 unspecified atom stereocenters. The molecule has 6 nitrogen and oxygen atoms in total. The van der Waals surface area contributed by atoms with Crippen LogP contribution in [-0.2, 0) is 11.2 Å². The molecule has 1 amide bonds. The quantitative estimate of drug-likeness (QED) is 0.519. The highest BCUT2D eigenvalue weighted by molar-refractivity contribution is 5.86. The van der Waals surface area contributed by atoms with Crippen LogP contribution in [0, 0.1) is 10.1 Å². The van der Waals surface area contributed by atoms with E-state index in [-0.39, 0.29) is 18.0 Å². The lowest BCUT2D eigenvalue weighted by Gasteiger charge is -2.00. The summed E-state index contributed by atoms with van der Waals surface area (Å²) < 4.78 is 0. The summed E-state index contributed by atoms with van der Waals surface area (Å²) in [4.78, 5) is 22.0. The molecule has 1 N–H and O–H groups in total. The standard InChI is InChI=1S/C15H13N3O3/c19-15(10-12-6-2-1-3-7-12)17-16-11-13-8-4-5-9-14(13)18(20)21/h1-9,11H,10H2,(H,17,19)/b16-11-. The maximum atomic E-state index is 11.7. The molecule has 2 aromatic carbocycles. The predicted molar refractivity (Wildman–Crippen MR) is 79.0 cm³/mol. The van der Waals surface area contributed by atoms with E-state index in [1.165, 1.54) is 12.3 Å². The fraction of sp³-hybridized carbons (Fsp3) is 0.0667. The van der Waals surface area contributed by atoms with Crippen LogP contribution in [0.15, 0.2) is 59.7 Å². The number of hydrazone groups is 1. The Kier molecular flexibility index (Phi) is 4.76. The summed E-state index contributed by atoms with van der Waals surface area (Å²) in [6, 6.07) is 15.4. The van der Waals surface area contributed by atoms with Crippen LogP contribution in [0.5, 0.6) is 0 Å². The maximum Gasteiger partial charge on any atom is 0.278 e. The van der Waals surface area contributed by atoms with Gasteiger partial charge in [0.1, 0.15) is 0 Å². The molecule has 0 aliphatic rings. The molecule has 0 fully saturated rings. The predicted octanol–water partition coefficient (Wildman–Crippen LogP) is 2.29. The molecule has 0 bridgehead atoms. The summed E-state index contributed by atoms with van der Waals surface area (Å²) >= 11 is 0. The van der Waals surface area contributed by atoms with E-state index in [4.69, 9.17) is 0 Å². The molecular formula is C15H13N3O3. The molecule has 0 atom stereocenters. The first-order valence-corrected chi connectivity index (χ1v) is 6.26. The first kappa shape index (κ1) is 14.4. The number of amides is 1. The molecule has 0 spiro atoms. The number of nitro benzene ring substituents is 1. The van der Waals surface area contributed by atoms with Gasteiger partial charge in [-0.25, -0.2) is 5.43 Å². The topological polar surface area (TPSA) is 84.6 Å². The van der Waals surface area contributed by atoms with Crippen LogP contribution in [0.3, 0.4) is 0 Å². The highest BCUT2D eigenvalue weighted by atomic mass is 16.6. The van der Waals surface area contributed by atoms with E-state index >= 15 is 0 Å². The average Bonchev–Trinajstić information content (AvgIpc) is 2.48. The summed E-state index contributed by atoms with van der Waals surface area (Å²) in [6.45, 7) is 0. The lowest BCUT2D eigenvalue weighted by Crippen LogP contribution is -2.19. The molecule has 0 aromatic heterocycles. The lowest BCUT2D eigenvalue weighted by atomic mass is 10.1. The monoisotopic (exact) mass is 283 g/mol. The Hall–Kier alpha value is -3.02. The van der Waals surface area contributed by atoms with Crippen molar-refractivity contribution in [2.45, 2.75) is 6.42 Å². The number of nitrogens with one attached hydrogen (secondary N) is 1. The lowest BCUT2D eigenvalue weighted by molar-refractivity contribution is -0.385. The van der Waals surface area contributed by atoms with Crippen LogP contribution in [0.1, 0.15) is 11.1 Å². The number of hydrogen-bond acceptors (Lipinski definition) is 4. The maximum absolute atomic E-state index is 11.7. The van der Waals surface area contributed by atoms with Gasteiger partial charge >= 0.3 is 0 Å². The zero-order valence-electron chi connectivity index (χ0n) is 11.1. The van der Waals surface area contributed by atoms with E-state index in [9.17, 15) is 14.9 Å². The molecule has 0 saturated heterocycles. The van der Waals surface area contributed by atoms with Crippen molar-refractivity contribution in [3.63, 3.8) is 0 Å². The van der Waals surface area contributed by atoms with Crippen LogP contribution < -0.4 is 5.43 Å². The second kappa shape index (κ2) is 6.95. The van der Waals surface area contributed by atoms with Gasteiger partial charge in [-0.1, -0.05) is 42.5 Å². The smallest absolute Gasteiger partial charge is 0.273 e. The molecule has 0 aliphatic heterocycles. The van der Waals surface area contributed by atoms with E-state index < -0.39 is 4.92 Å². The minimum atomic E-state index is -0.493. The molecule has 2 aromatic rings. The van der Waals surface area contributed by atoms with Crippen LogP contribution in [0.25, 0.3) is 0 Å².